The Labute approximate surface area is 253 Å². The molecule has 2 N–H and O–H groups in total. The van der Waals surface area contributed by atoms with E-state index < -0.39 is 50.6 Å². The number of hydrogen-bond acceptors (Lipinski definition) is 10. The molecule has 0 unspecified atom stereocenters. The quantitative estimate of drug-likeness (QED) is 0.198. The Kier molecular flexibility index (Phi) is 10.0. The number of aromatic nitrogens is 7. The maximum absolute atomic E-state index is 13.6. The first-order valence-corrected chi connectivity index (χ1v) is 12.9. The SMILES string of the molecule is NC(=O)c1nc(Cn2nc(-c3ccc(Cl)cc3)n(C[C@H](OP(=O)([O-])[O-])C(F)(F)F)c2=O)nn1-c1ncccc1Cl.[Mg+2]. The van der Waals surface area contributed by atoms with Gasteiger partial charge in [0.05, 0.1) is 19.4 Å². The number of amides is 1. The van der Waals surface area contributed by atoms with Crippen molar-refractivity contribution in [3.8, 4) is 17.2 Å². The molecule has 41 heavy (non-hydrogen) atoms. The summed E-state index contributed by atoms with van der Waals surface area (Å²) in [4.78, 5) is 55.1. The van der Waals surface area contributed by atoms with Crippen LogP contribution in [-0.4, -0.2) is 75.3 Å². The van der Waals surface area contributed by atoms with E-state index in [1.807, 2.05) is 0 Å². The summed E-state index contributed by atoms with van der Waals surface area (Å²) in [6.45, 7) is -2.05. The Balaban J connectivity index is 0.00000462. The molecular formula is C20H14Cl2F3MgN8O6P. The molecule has 0 aliphatic rings. The van der Waals surface area contributed by atoms with Gasteiger partial charge in [0, 0.05) is 16.8 Å². The van der Waals surface area contributed by atoms with Crippen molar-refractivity contribution < 1.29 is 36.8 Å². The van der Waals surface area contributed by atoms with E-state index in [-0.39, 0.29) is 56.1 Å². The third-order valence-electron chi connectivity index (χ3n) is 5.10. The maximum Gasteiger partial charge on any atom is 2.00 e. The number of halogens is 5. The van der Waals surface area contributed by atoms with Gasteiger partial charge in [-0.2, -0.15) is 17.9 Å². The zero-order chi connectivity index (χ0) is 29.4. The molecule has 0 saturated carbocycles. The normalized spacial score (nSPS) is 12.7. The number of phosphoric ester groups is 1. The number of nitrogens with zero attached hydrogens (tertiary/aromatic N) is 7. The van der Waals surface area contributed by atoms with E-state index >= 15 is 0 Å². The van der Waals surface area contributed by atoms with Crippen LogP contribution in [-0.2, 0) is 22.2 Å². The van der Waals surface area contributed by atoms with Crippen molar-refractivity contribution in [2.45, 2.75) is 25.4 Å². The fourth-order valence-electron chi connectivity index (χ4n) is 3.44. The third-order valence-corrected chi connectivity index (χ3v) is 6.16. The van der Waals surface area contributed by atoms with Crippen molar-refractivity contribution in [1.29, 1.82) is 0 Å². The van der Waals surface area contributed by atoms with E-state index in [4.69, 9.17) is 28.9 Å². The monoisotopic (exact) mass is 644 g/mol. The first kappa shape index (κ1) is 32.7. The van der Waals surface area contributed by atoms with Gasteiger partial charge < -0.3 is 24.6 Å². The molecule has 4 aromatic rings. The maximum atomic E-state index is 13.6. The average Bonchev–Trinajstić information content (AvgIpc) is 3.40. The summed E-state index contributed by atoms with van der Waals surface area (Å²) < 4.78 is 57.4. The summed E-state index contributed by atoms with van der Waals surface area (Å²) >= 11 is 12.0. The van der Waals surface area contributed by atoms with Crippen LogP contribution in [0.2, 0.25) is 10.0 Å². The molecular weight excluding hydrogens is 631 g/mol. The predicted octanol–water partition coefficient (Wildman–Crippen LogP) is 0.537. The molecule has 0 saturated heterocycles. The summed E-state index contributed by atoms with van der Waals surface area (Å²) in [7, 11) is -6.12. The summed E-state index contributed by atoms with van der Waals surface area (Å²) in [6.07, 6.45) is -7.22. The molecule has 3 aromatic heterocycles. The number of alkyl halides is 3. The van der Waals surface area contributed by atoms with Crippen LogP contribution in [0.4, 0.5) is 13.2 Å². The molecule has 21 heteroatoms. The van der Waals surface area contributed by atoms with Crippen molar-refractivity contribution in [2.75, 3.05) is 0 Å². The van der Waals surface area contributed by atoms with Crippen molar-refractivity contribution >= 4 is 60.0 Å². The molecule has 4 rings (SSSR count). The molecule has 1 amide bonds. The van der Waals surface area contributed by atoms with Gasteiger partial charge in [-0.25, -0.2) is 19.4 Å². The number of pyridine rings is 1. The van der Waals surface area contributed by atoms with E-state index in [0.29, 0.717) is 9.25 Å². The molecule has 0 aliphatic carbocycles. The number of nitrogens with two attached hydrogens (primary N) is 1. The average molecular weight is 646 g/mol. The van der Waals surface area contributed by atoms with Crippen LogP contribution in [0, 0.1) is 0 Å². The van der Waals surface area contributed by atoms with E-state index in [9.17, 15) is 37.1 Å². The number of hydrogen-bond donors (Lipinski definition) is 1. The molecule has 0 spiro atoms. The van der Waals surface area contributed by atoms with Crippen molar-refractivity contribution in [1.82, 2.24) is 34.1 Å². The number of carbonyl (C=O) groups is 1. The van der Waals surface area contributed by atoms with E-state index in [0.717, 1.165) is 4.68 Å². The molecule has 0 bridgehead atoms. The fraction of sp³-hybridized carbons (Fsp3) is 0.200. The predicted molar refractivity (Wildman–Crippen MR) is 133 cm³/mol. The summed E-state index contributed by atoms with van der Waals surface area (Å²) in [5.74, 6) is -2.09. The van der Waals surface area contributed by atoms with Crippen molar-refractivity contribution in [3.63, 3.8) is 0 Å². The fourth-order valence-corrected chi connectivity index (χ4v) is 4.26. The van der Waals surface area contributed by atoms with Gasteiger partial charge in [0.15, 0.2) is 23.6 Å². The van der Waals surface area contributed by atoms with Crippen LogP contribution in [0.1, 0.15) is 16.4 Å². The molecule has 1 atom stereocenters. The van der Waals surface area contributed by atoms with Crippen LogP contribution in [0.5, 0.6) is 0 Å². The summed E-state index contributed by atoms with van der Waals surface area (Å²) in [6, 6.07) is 8.36. The van der Waals surface area contributed by atoms with Crippen LogP contribution in [0.25, 0.3) is 17.2 Å². The minimum Gasteiger partial charge on any atom is -0.790 e. The molecule has 14 nitrogen and oxygen atoms in total. The van der Waals surface area contributed by atoms with E-state index in [1.54, 1.807) is 0 Å². The molecule has 212 valence electrons. The standard InChI is InChI=1S/C20H16Cl2F3N8O6P.Mg/c21-11-5-3-10(4-6-11)16-30-32(19(35)31(16)8-13(20(23,24)25)39-40(36,37)38)9-14-28-18(15(26)34)33(29-14)17-12(22)2-1-7-27-17;/h1-7,13H,8-9H2,(H2,26,34)(H2,36,37,38);/q;+2/p-2/t13-;/m0./s1. The first-order chi connectivity index (χ1) is 18.6. The van der Waals surface area contributed by atoms with Crippen LogP contribution < -0.4 is 21.2 Å². The summed E-state index contributed by atoms with van der Waals surface area (Å²) in [5.41, 5.74) is 4.28. The molecule has 0 fully saturated rings. The van der Waals surface area contributed by atoms with Crippen LogP contribution in [0.3, 0.4) is 0 Å². The van der Waals surface area contributed by atoms with Crippen LogP contribution >= 0.6 is 31.0 Å². The Hall–Kier alpha value is -2.83. The van der Waals surface area contributed by atoms with Crippen LogP contribution in [0.15, 0.2) is 47.4 Å². The number of phosphoric acid groups is 1. The van der Waals surface area contributed by atoms with Gasteiger partial charge in [-0.05, 0) is 36.4 Å². The van der Waals surface area contributed by atoms with Crippen molar-refractivity contribution in [2.24, 2.45) is 5.73 Å². The summed E-state index contributed by atoms with van der Waals surface area (Å²) in [5, 5.41) is 8.45. The Morgan fingerprint density at radius 3 is 2.37 bits per heavy atom. The smallest absolute Gasteiger partial charge is 0.790 e. The zero-order valence-electron chi connectivity index (χ0n) is 20.2. The topological polar surface area (TPSA) is 199 Å². The van der Waals surface area contributed by atoms with Gasteiger partial charge in [-0.1, -0.05) is 23.2 Å². The largest absolute Gasteiger partial charge is 2.00 e. The number of benzene rings is 1. The number of rotatable bonds is 9. The zero-order valence-corrected chi connectivity index (χ0v) is 24.1. The van der Waals surface area contributed by atoms with Gasteiger partial charge in [0.25, 0.3) is 5.91 Å². The van der Waals surface area contributed by atoms with Gasteiger partial charge in [0.2, 0.25) is 5.82 Å². The van der Waals surface area contributed by atoms with Crippen molar-refractivity contribution in [3.05, 3.63) is 74.8 Å². The van der Waals surface area contributed by atoms with Gasteiger partial charge >= 0.3 is 34.9 Å². The Morgan fingerprint density at radius 1 is 1.15 bits per heavy atom. The minimum absolute atomic E-state index is 0. The molecule has 0 radical (unpaired) electrons. The van der Waals surface area contributed by atoms with E-state index in [2.05, 4.69) is 24.7 Å². The number of primary amides is 1. The van der Waals surface area contributed by atoms with Gasteiger partial charge in [0.1, 0.15) is 6.54 Å². The van der Waals surface area contributed by atoms with Gasteiger partial charge in [-0.3, -0.25) is 9.36 Å². The Morgan fingerprint density at radius 2 is 1.80 bits per heavy atom. The third kappa shape index (κ3) is 7.72. The second kappa shape index (κ2) is 12.6. The second-order valence-corrected chi connectivity index (χ2v) is 9.85. The second-order valence-electron chi connectivity index (χ2n) is 7.90. The van der Waals surface area contributed by atoms with Gasteiger partial charge in [-0.15, -0.1) is 10.2 Å². The molecule has 0 aliphatic heterocycles. The molecule has 3 heterocycles. The molecule has 1 aromatic carbocycles. The van der Waals surface area contributed by atoms with E-state index in [1.165, 1.54) is 42.6 Å². The Bertz CT molecular complexity index is 1670. The number of carbonyl (C=O) groups excluding carboxylic acids is 1. The minimum atomic E-state index is -6.12. The first-order valence-electron chi connectivity index (χ1n) is 10.7.